The maximum absolute atomic E-state index is 12.3. The first-order valence-corrected chi connectivity index (χ1v) is 8.32. The standard InChI is InChI=1S/C18H23NO4/c20-16(14-8-9-15(23-14)17(21)22)19-12-18(10-4-5-11-18)13-6-2-1-3-7-13/h1-3,6-7,14-15H,4-5,8-12H2,(H,19,20)(H,21,22)/t14-,15+/m0/s1. The molecule has 0 spiro atoms. The number of carbonyl (C=O) groups is 2. The minimum atomic E-state index is -0.989. The number of hydrogen-bond donors (Lipinski definition) is 2. The summed E-state index contributed by atoms with van der Waals surface area (Å²) in [5.74, 6) is -1.17. The fourth-order valence-electron chi connectivity index (χ4n) is 3.79. The van der Waals surface area contributed by atoms with Crippen molar-refractivity contribution in [1.29, 1.82) is 0 Å². The number of amides is 1. The van der Waals surface area contributed by atoms with E-state index in [0.29, 0.717) is 19.4 Å². The molecule has 2 N–H and O–H groups in total. The van der Waals surface area contributed by atoms with Crippen molar-refractivity contribution in [3.63, 3.8) is 0 Å². The number of hydrogen-bond acceptors (Lipinski definition) is 3. The first kappa shape index (κ1) is 16.0. The Morgan fingerprint density at radius 3 is 2.39 bits per heavy atom. The van der Waals surface area contributed by atoms with Gasteiger partial charge in [0, 0.05) is 12.0 Å². The van der Waals surface area contributed by atoms with E-state index in [-0.39, 0.29) is 11.3 Å². The van der Waals surface area contributed by atoms with Gasteiger partial charge < -0.3 is 15.2 Å². The van der Waals surface area contributed by atoms with Crippen LogP contribution in [0.4, 0.5) is 0 Å². The van der Waals surface area contributed by atoms with Crippen LogP contribution in [0, 0.1) is 0 Å². The van der Waals surface area contributed by atoms with Gasteiger partial charge in [0.1, 0.15) is 6.10 Å². The minimum Gasteiger partial charge on any atom is -0.479 e. The molecule has 2 aliphatic rings. The van der Waals surface area contributed by atoms with Crippen molar-refractivity contribution in [3.8, 4) is 0 Å². The van der Waals surface area contributed by atoms with Crippen molar-refractivity contribution < 1.29 is 19.4 Å². The highest BCUT2D eigenvalue weighted by Crippen LogP contribution is 2.40. The van der Waals surface area contributed by atoms with Crippen LogP contribution in [0.25, 0.3) is 0 Å². The molecule has 0 unspecified atom stereocenters. The molecule has 0 bridgehead atoms. The lowest BCUT2D eigenvalue weighted by molar-refractivity contribution is -0.151. The van der Waals surface area contributed by atoms with Crippen LogP contribution >= 0.6 is 0 Å². The van der Waals surface area contributed by atoms with E-state index in [0.717, 1.165) is 12.8 Å². The molecule has 23 heavy (non-hydrogen) atoms. The molecule has 2 fully saturated rings. The summed E-state index contributed by atoms with van der Waals surface area (Å²) in [7, 11) is 0. The molecule has 1 saturated heterocycles. The summed E-state index contributed by atoms with van der Waals surface area (Å²) in [6, 6.07) is 10.3. The second kappa shape index (κ2) is 6.71. The summed E-state index contributed by atoms with van der Waals surface area (Å²) in [4.78, 5) is 23.2. The Kier molecular flexibility index (Phi) is 4.66. The van der Waals surface area contributed by atoms with E-state index in [9.17, 15) is 9.59 Å². The molecule has 1 heterocycles. The van der Waals surface area contributed by atoms with Crippen LogP contribution in [-0.4, -0.2) is 35.7 Å². The molecule has 1 amide bonds. The Balaban J connectivity index is 1.62. The van der Waals surface area contributed by atoms with Crippen molar-refractivity contribution in [3.05, 3.63) is 35.9 Å². The Morgan fingerprint density at radius 2 is 1.78 bits per heavy atom. The lowest BCUT2D eigenvalue weighted by Crippen LogP contribution is -2.43. The number of nitrogens with one attached hydrogen (secondary N) is 1. The summed E-state index contributed by atoms with van der Waals surface area (Å²) in [5, 5.41) is 12.0. The lowest BCUT2D eigenvalue weighted by Gasteiger charge is -2.30. The van der Waals surface area contributed by atoms with Gasteiger partial charge in [-0.3, -0.25) is 4.79 Å². The van der Waals surface area contributed by atoms with E-state index in [1.165, 1.54) is 18.4 Å². The topological polar surface area (TPSA) is 75.6 Å². The quantitative estimate of drug-likeness (QED) is 0.873. The van der Waals surface area contributed by atoms with Crippen LogP contribution in [0.1, 0.15) is 44.1 Å². The van der Waals surface area contributed by atoms with Gasteiger partial charge in [0.05, 0.1) is 0 Å². The molecule has 1 aromatic rings. The summed E-state index contributed by atoms with van der Waals surface area (Å²) in [6.07, 6.45) is 3.88. The van der Waals surface area contributed by atoms with Crippen LogP contribution in [0.2, 0.25) is 0 Å². The van der Waals surface area contributed by atoms with Gasteiger partial charge >= 0.3 is 5.97 Å². The summed E-state index contributed by atoms with van der Waals surface area (Å²) in [6.45, 7) is 0.591. The third-order valence-corrected chi connectivity index (χ3v) is 5.14. The molecule has 1 aliphatic carbocycles. The van der Waals surface area contributed by atoms with Crippen molar-refractivity contribution in [2.24, 2.45) is 0 Å². The van der Waals surface area contributed by atoms with Gasteiger partial charge in [-0.15, -0.1) is 0 Å². The molecule has 0 radical (unpaired) electrons. The normalized spacial score (nSPS) is 26.1. The third kappa shape index (κ3) is 3.39. The van der Waals surface area contributed by atoms with Gasteiger partial charge in [0.15, 0.2) is 6.10 Å². The third-order valence-electron chi connectivity index (χ3n) is 5.14. The SMILES string of the molecule is O=C(NCC1(c2ccccc2)CCCC1)[C@@H]1CC[C@H](C(=O)O)O1. The van der Waals surface area contributed by atoms with Gasteiger partial charge in [-0.1, -0.05) is 43.2 Å². The average molecular weight is 317 g/mol. The molecule has 5 heteroatoms. The Labute approximate surface area is 136 Å². The molecule has 124 valence electrons. The van der Waals surface area contributed by atoms with Crippen molar-refractivity contribution in [2.45, 2.75) is 56.1 Å². The number of aliphatic carboxylic acids is 1. The first-order valence-electron chi connectivity index (χ1n) is 8.32. The zero-order valence-electron chi connectivity index (χ0n) is 13.2. The van der Waals surface area contributed by atoms with Gasteiger partial charge in [-0.2, -0.15) is 0 Å². The number of carboxylic acid groups (broad SMARTS) is 1. The molecule has 2 atom stereocenters. The van der Waals surface area contributed by atoms with E-state index in [4.69, 9.17) is 9.84 Å². The predicted octanol–water partition coefficient (Wildman–Crippen LogP) is 2.25. The fraction of sp³-hybridized carbons (Fsp3) is 0.556. The van der Waals surface area contributed by atoms with E-state index in [2.05, 4.69) is 17.4 Å². The molecule has 3 rings (SSSR count). The highest BCUT2D eigenvalue weighted by atomic mass is 16.5. The van der Waals surface area contributed by atoms with Crippen LogP contribution in [0.5, 0.6) is 0 Å². The van der Waals surface area contributed by atoms with Crippen LogP contribution in [-0.2, 0) is 19.7 Å². The first-order chi connectivity index (χ1) is 11.1. The van der Waals surface area contributed by atoms with E-state index >= 15 is 0 Å². The maximum atomic E-state index is 12.3. The zero-order chi connectivity index (χ0) is 16.3. The smallest absolute Gasteiger partial charge is 0.332 e. The summed E-state index contributed by atoms with van der Waals surface area (Å²) < 4.78 is 5.33. The minimum absolute atomic E-state index is 0.00171. The number of benzene rings is 1. The van der Waals surface area contributed by atoms with Crippen LogP contribution in [0.15, 0.2) is 30.3 Å². The summed E-state index contributed by atoms with van der Waals surface area (Å²) in [5.41, 5.74) is 1.27. The van der Waals surface area contributed by atoms with Gasteiger partial charge in [-0.25, -0.2) is 4.79 Å². The number of carbonyl (C=O) groups excluding carboxylic acids is 1. The van der Waals surface area contributed by atoms with Crippen LogP contribution in [0.3, 0.4) is 0 Å². The fourth-order valence-corrected chi connectivity index (χ4v) is 3.79. The second-order valence-corrected chi connectivity index (χ2v) is 6.60. The summed E-state index contributed by atoms with van der Waals surface area (Å²) >= 11 is 0. The zero-order valence-corrected chi connectivity index (χ0v) is 13.2. The van der Waals surface area contributed by atoms with Crippen molar-refractivity contribution in [2.75, 3.05) is 6.54 Å². The van der Waals surface area contributed by atoms with Crippen molar-refractivity contribution >= 4 is 11.9 Å². The van der Waals surface area contributed by atoms with Gasteiger partial charge in [0.2, 0.25) is 5.91 Å². The predicted molar refractivity (Wildman–Crippen MR) is 85.1 cm³/mol. The van der Waals surface area contributed by atoms with E-state index < -0.39 is 18.2 Å². The maximum Gasteiger partial charge on any atom is 0.332 e. The number of ether oxygens (including phenoxy) is 1. The van der Waals surface area contributed by atoms with Gasteiger partial charge in [0.25, 0.3) is 0 Å². The van der Waals surface area contributed by atoms with E-state index in [1.54, 1.807) is 0 Å². The lowest BCUT2D eigenvalue weighted by atomic mass is 9.79. The molecular formula is C18H23NO4. The molecular weight excluding hydrogens is 294 g/mol. The molecule has 0 aromatic heterocycles. The Hall–Kier alpha value is -1.88. The molecule has 1 aromatic carbocycles. The Bertz CT molecular complexity index is 566. The number of carboxylic acids is 1. The molecule has 1 aliphatic heterocycles. The highest BCUT2D eigenvalue weighted by molar-refractivity contribution is 5.82. The highest BCUT2D eigenvalue weighted by Gasteiger charge is 2.38. The van der Waals surface area contributed by atoms with Crippen molar-refractivity contribution in [1.82, 2.24) is 5.32 Å². The largest absolute Gasteiger partial charge is 0.479 e. The number of rotatable bonds is 5. The second-order valence-electron chi connectivity index (χ2n) is 6.60. The monoisotopic (exact) mass is 317 g/mol. The van der Waals surface area contributed by atoms with Gasteiger partial charge in [-0.05, 0) is 31.2 Å². The molecule has 5 nitrogen and oxygen atoms in total. The Morgan fingerprint density at radius 1 is 1.13 bits per heavy atom. The van der Waals surface area contributed by atoms with E-state index in [1.807, 2.05) is 18.2 Å². The van der Waals surface area contributed by atoms with Crippen LogP contribution < -0.4 is 5.32 Å². The molecule has 1 saturated carbocycles. The average Bonchev–Trinajstić information content (AvgIpc) is 3.24.